The van der Waals surface area contributed by atoms with E-state index in [1.807, 2.05) is 30.3 Å². The third-order valence-corrected chi connectivity index (χ3v) is 9.15. The molecule has 4 aromatic carbocycles. The van der Waals surface area contributed by atoms with E-state index in [0.717, 1.165) is 15.8 Å². The fraction of sp³-hybridized carbons (Fsp3) is 0.0690. The highest BCUT2D eigenvalue weighted by molar-refractivity contribution is 7.92. The number of ether oxygens (including phenoxy) is 2. The highest BCUT2D eigenvalue weighted by Crippen LogP contribution is 2.33. The maximum absolute atomic E-state index is 13.2. The van der Waals surface area contributed by atoms with Crippen LogP contribution in [0.4, 0.5) is 11.4 Å². The SMILES string of the molecule is COc1ccc(S(=O)(=O)N(C)c2ccc3sc(C(=O)Nc4ccc(Oc5ccccc5)cc4)cc3c2)cc1Cl. The Morgan fingerprint density at radius 2 is 1.62 bits per heavy atom. The van der Waals surface area contributed by atoms with E-state index in [9.17, 15) is 13.2 Å². The van der Waals surface area contributed by atoms with Gasteiger partial charge < -0.3 is 14.8 Å². The monoisotopic (exact) mass is 578 g/mol. The van der Waals surface area contributed by atoms with Crippen LogP contribution in [0.3, 0.4) is 0 Å². The van der Waals surface area contributed by atoms with Crippen molar-refractivity contribution in [2.75, 3.05) is 23.8 Å². The fourth-order valence-corrected chi connectivity index (χ4v) is 6.34. The van der Waals surface area contributed by atoms with Crippen molar-refractivity contribution in [3.05, 3.63) is 107 Å². The summed E-state index contributed by atoms with van der Waals surface area (Å²) in [6.07, 6.45) is 0. The molecule has 5 aromatic rings. The van der Waals surface area contributed by atoms with E-state index in [4.69, 9.17) is 21.1 Å². The normalized spacial score (nSPS) is 11.3. The largest absolute Gasteiger partial charge is 0.495 e. The van der Waals surface area contributed by atoms with Gasteiger partial charge in [0, 0.05) is 17.4 Å². The number of sulfonamides is 1. The lowest BCUT2D eigenvalue weighted by Crippen LogP contribution is -2.26. The van der Waals surface area contributed by atoms with Gasteiger partial charge in [-0.15, -0.1) is 11.3 Å². The molecule has 0 saturated heterocycles. The van der Waals surface area contributed by atoms with Crippen LogP contribution in [-0.4, -0.2) is 28.5 Å². The molecule has 0 aliphatic heterocycles. The number of fused-ring (bicyclic) bond motifs is 1. The van der Waals surface area contributed by atoms with E-state index in [0.29, 0.717) is 27.8 Å². The topological polar surface area (TPSA) is 84.9 Å². The molecule has 10 heteroatoms. The van der Waals surface area contributed by atoms with Crippen molar-refractivity contribution < 1.29 is 22.7 Å². The van der Waals surface area contributed by atoms with E-state index in [-0.39, 0.29) is 15.8 Å². The summed E-state index contributed by atoms with van der Waals surface area (Å²) in [6, 6.07) is 27.9. The van der Waals surface area contributed by atoms with E-state index in [1.165, 1.54) is 48.0 Å². The zero-order valence-electron chi connectivity index (χ0n) is 20.9. The summed E-state index contributed by atoms with van der Waals surface area (Å²) in [5.41, 5.74) is 1.08. The number of nitrogens with zero attached hydrogens (tertiary/aromatic N) is 1. The van der Waals surface area contributed by atoms with Crippen LogP contribution < -0.4 is 19.1 Å². The predicted molar refractivity (Wildman–Crippen MR) is 156 cm³/mol. The molecule has 0 spiro atoms. The number of methoxy groups -OCH3 is 1. The molecular formula is C29H23ClN2O5S2. The number of amides is 1. The number of nitrogens with one attached hydrogen (secondary N) is 1. The van der Waals surface area contributed by atoms with Crippen LogP contribution in [0.15, 0.2) is 102 Å². The Kier molecular flexibility index (Phi) is 7.47. The summed E-state index contributed by atoms with van der Waals surface area (Å²) >= 11 is 7.47. The summed E-state index contributed by atoms with van der Waals surface area (Å²) in [5.74, 6) is 1.51. The Balaban J connectivity index is 1.31. The van der Waals surface area contributed by atoms with E-state index in [2.05, 4.69) is 5.32 Å². The number of benzene rings is 4. The maximum atomic E-state index is 13.2. The molecule has 7 nitrogen and oxygen atoms in total. The lowest BCUT2D eigenvalue weighted by atomic mass is 10.2. The van der Waals surface area contributed by atoms with Crippen LogP contribution in [0.25, 0.3) is 10.1 Å². The molecule has 1 N–H and O–H groups in total. The first-order chi connectivity index (χ1) is 18.7. The first-order valence-electron chi connectivity index (χ1n) is 11.7. The number of thiophene rings is 1. The summed E-state index contributed by atoms with van der Waals surface area (Å²) in [5, 5.41) is 3.85. The second-order valence-corrected chi connectivity index (χ2v) is 12.0. The molecule has 0 aliphatic carbocycles. The maximum Gasteiger partial charge on any atom is 0.265 e. The smallest absolute Gasteiger partial charge is 0.265 e. The minimum Gasteiger partial charge on any atom is -0.495 e. The van der Waals surface area contributed by atoms with Crippen molar-refractivity contribution in [1.29, 1.82) is 0 Å². The Bertz CT molecular complexity index is 1750. The van der Waals surface area contributed by atoms with Crippen LogP contribution in [0, 0.1) is 0 Å². The van der Waals surface area contributed by atoms with Crippen molar-refractivity contribution >= 4 is 60.3 Å². The van der Waals surface area contributed by atoms with Gasteiger partial charge in [-0.3, -0.25) is 9.10 Å². The number of carbonyl (C=O) groups is 1. The molecule has 0 fully saturated rings. The van der Waals surface area contributed by atoms with Crippen molar-refractivity contribution in [3.8, 4) is 17.2 Å². The Morgan fingerprint density at radius 1 is 0.897 bits per heavy atom. The van der Waals surface area contributed by atoms with Crippen molar-refractivity contribution in [1.82, 2.24) is 0 Å². The van der Waals surface area contributed by atoms with Gasteiger partial charge in [-0.05, 0) is 84.2 Å². The molecule has 5 rings (SSSR count). The standard InChI is InChI=1S/C29H23ClN2O5S2/c1-32(39(34,35)24-13-14-26(36-2)25(30)18-24)21-10-15-27-19(16-21)17-28(38-27)29(33)31-20-8-11-23(12-9-20)37-22-6-4-3-5-7-22/h3-18H,1-2H3,(H,31,33). The molecule has 0 saturated carbocycles. The van der Waals surface area contributed by atoms with E-state index < -0.39 is 10.0 Å². The molecule has 39 heavy (non-hydrogen) atoms. The average molecular weight is 579 g/mol. The average Bonchev–Trinajstić information content (AvgIpc) is 3.38. The molecule has 0 atom stereocenters. The lowest BCUT2D eigenvalue weighted by molar-refractivity contribution is 0.103. The number of rotatable bonds is 8. The highest BCUT2D eigenvalue weighted by atomic mass is 35.5. The molecule has 0 aliphatic rings. The Morgan fingerprint density at radius 3 is 2.31 bits per heavy atom. The third kappa shape index (κ3) is 5.70. The van der Waals surface area contributed by atoms with Crippen LogP contribution >= 0.6 is 22.9 Å². The number of hydrogen-bond donors (Lipinski definition) is 1. The van der Waals surface area contributed by atoms with Crippen LogP contribution in [0.5, 0.6) is 17.2 Å². The fourth-order valence-electron chi connectivity index (χ4n) is 3.87. The number of halogens is 1. The Hall–Kier alpha value is -4.05. The van der Waals surface area contributed by atoms with Gasteiger partial charge in [0.1, 0.15) is 17.2 Å². The predicted octanol–water partition coefficient (Wildman–Crippen LogP) is 7.43. The lowest BCUT2D eigenvalue weighted by Gasteiger charge is -2.20. The minimum absolute atomic E-state index is 0.0430. The van der Waals surface area contributed by atoms with Gasteiger partial charge in [0.05, 0.1) is 27.6 Å². The molecule has 0 radical (unpaired) electrons. The van der Waals surface area contributed by atoms with Gasteiger partial charge in [0.15, 0.2) is 0 Å². The molecular weight excluding hydrogens is 556 g/mol. The molecule has 0 unspecified atom stereocenters. The molecule has 0 bridgehead atoms. The van der Waals surface area contributed by atoms with Gasteiger partial charge in [-0.1, -0.05) is 29.8 Å². The van der Waals surface area contributed by atoms with Crippen LogP contribution in [0.1, 0.15) is 9.67 Å². The van der Waals surface area contributed by atoms with Crippen molar-refractivity contribution in [3.63, 3.8) is 0 Å². The number of anilines is 2. The van der Waals surface area contributed by atoms with Crippen molar-refractivity contribution in [2.24, 2.45) is 0 Å². The van der Waals surface area contributed by atoms with Gasteiger partial charge in [0.25, 0.3) is 15.9 Å². The third-order valence-electron chi connectivity index (χ3n) is 5.96. The second kappa shape index (κ2) is 11.0. The van der Waals surface area contributed by atoms with Crippen LogP contribution in [0.2, 0.25) is 5.02 Å². The second-order valence-electron chi connectivity index (χ2n) is 8.50. The first kappa shape index (κ1) is 26.6. The summed E-state index contributed by atoms with van der Waals surface area (Å²) < 4.78 is 39.4. The first-order valence-corrected chi connectivity index (χ1v) is 14.4. The van der Waals surface area contributed by atoms with Gasteiger partial charge in [0.2, 0.25) is 0 Å². The van der Waals surface area contributed by atoms with Crippen molar-refractivity contribution in [2.45, 2.75) is 4.90 Å². The highest BCUT2D eigenvalue weighted by Gasteiger charge is 2.23. The Labute approximate surface area is 235 Å². The molecule has 1 heterocycles. The van der Waals surface area contributed by atoms with Gasteiger partial charge >= 0.3 is 0 Å². The zero-order chi connectivity index (χ0) is 27.6. The van der Waals surface area contributed by atoms with Gasteiger partial charge in [-0.25, -0.2) is 8.42 Å². The summed E-state index contributed by atoms with van der Waals surface area (Å²) in [6.45, 7) is 0. The molecule has 1 amide bonds. The quantitative estimate of drug-likeness (QED) is 0.207. The van der Waals surface area contributed by atoms with Crippen LogP contribution in [-0.2, 0) is 10.0 Å². The van der Waals surface area contributed by atoms with Gasteiger partial charge in [-0.2, -0.15) is 0 Å². The number of hydrogen-bond acceptors (Lipinski definition) is 6. The van der Waals surface area contributed by atoms with E-state index in [1.54, 1.807) is 48.5 Å². The summed E-state index contributed by atoms with van der Waals surface area (Å²) in [4.78, 5) is 13.5. The number of carbonyl (C=O) groups excluding carboxylic acids is 1. The zero-order valence-corrected chi connectivity index (χ0v) is 23.3. The number of para-hydroxylation sites is 1. The molecule has 1 aromatic heterocycles. The van der Waals surface area contributed by atoms with E-state index >= 15 is 0 Å². The summed E-state index contributed by atoms with van der Waals surface area (Å²) in [7, 11) is -0.941. The molecule has 198 valence electrons. The minimum atomic E-state index is -3.87.